The summed E-state index contributed by atoms with van der Waals surface area (Å²) in [5.74, 6) is 1.38. The molecule has 1 saturated heterocycles. The molecule has 0 unspecified atom stereocenters. The molecule has 1 fully saturated rings. The van der Waals surface area contributed by atoms with Gasteiger partial charge in [-0.05, 0) is 93.1 Å². The minimum atomic E-state index is 0.143. The number of nitrogens with one attached hydrogen (secondary N) is 2. The zero-order chi connectivity index (χ0) is 27.5. The van der Waals surface area contributed by atoms with E-state index in [9.17, 15) is 9.90 Å². The Labute approximate surface area is 234 Å². The van der Waals surface area contributed by atoms with Crippen LogP contribution in [0.15, 0.2) is 48.7 Å². The largest absolute Gasteiger partial charge is 0.508 e. The fourth-order valence-corrected chi connectivity index (χ4v) is 6.21. The third-order valence-electron chi connectivity index (χ3n) is 8.61. The molecule has 1 amide bonds. The number of benzene rings is 2. The molecule has 39 heavy (non-hydrogen) atoms. The van der Waals surface area contributed by atoms with Gasteiger partial charge in [-0.3, -0.25) is 4.79 Å². The Bertz CT molecular complexity index is 1190. The number of carbonyl (C=O) groups excluding carboxylic acids is 1. The quantitative estimate of drug-likeness (QED) is 0.201. The molecule has 1 atom stereocenters. The highest BCUT2D eigenvalue weighted by atomic mass is 16.5. The first kappa shape index (κ1) is 29.0. The molecule has 1 aromatic heterocycles. The fourth-order valence-electron chi connectivity index (χ4n) is 6.21. The number of rotatable bonds is 14. The van der Waals surface area contributed by atoms with Gasteiger partial charge < -0.3 is 25.0 Å². The monoisotopic (exact) mass is 533 g/mol. The zero-order valence-corrected chi connectivity index (χ0v) is 23.9. The number of likely N-dealkylation sites (tertiary alicyclic amines) is 1. The number of carbonyl (C=O) groups is 1. The molecule has 6 nitrogen and oxygen atoms in total. The number of methoxy groups -OCH3 is 1. The molecule has 3 aromatic rings. The molecule has 0 saturated carbocycles. The summed E-state index contributed by atoms with van der Waals surface area (Å²) in [6.45, 7) is 6.34. The summed E-state index contributed by atoms with van der Waals surface area (Å²) in [4.78, 5) is 18.3. The maximum atomic E-state index is 12.3. The van der Waals surface area contributed by atoms with Crippen molar-refractivity contribution in [2.24, 2.45) is 0 Å². The second kappa shape index (κ2) is 14.4. The Kier molecular flexibility index (Phi) is 10.7. The molecule has 1 aliphatic rings. The lowest BCUT2D eigenvalue weighted by Gasteiger charge is -2.36. The summed E-state index contributed by atoms with van der Waals surface area (Å²) < 4.78 is 5.34. The van der Waals surface area contributed by atoms with E-state index in [0.717, 1.165) is 55.4 Å². The molecule has 0 radical (unpaired) electrons. The van der Waals surface area contributed by atoms with Crippen LogP contribution in [-0.2, 0) is 16.6 Å². The number of aromatic hydroxyl groups is 1. The van der Waals surface area contributed by atoms with E-state index in [1.54, 1.807) is 13.2 Å². The van der Waals surface area contributed by atoms with Crippen molar-refractivity contribution in [3.05, 3.63) is 59.8 Å². The Balaban J connectivity index is 1.10. The van der Waals surface area contributed by atoms with Crippen LogP contribution in [0, 0.1) is 0 Å². The predicted octanol–water partition coefficient (Wildman–Crippen LogP) is 6.72. The SMILES string of the molecule is CC[C@@]1(c2cccc(O)c2)CCCCN(CCCCCCCC(=O)NCCc2c[nH]c3ccc(OC)cc23)C1. The third-order valence-corrected chi connectivity index (χ3v) is 8.61. The fraction of sp³-hybridized carbons (Fsp3) is 0.545. The summed E-state index contributed by atoms with van der Waals surface area (Å²) in [7, 11) is 1.68. The minimum Gasteiger partial charge on any atom is -0.508 e. The molecule has 2 heterocycles. The van der Waals surface area contributed by atoms with Gasteiger partial charge in [0.05, 0.1) is 7.11 Å². The Hall–Kier alpha value is -2.99. The zero-order valence-electron chi connectivity index (χ0n) is 23.9. The molecule has 1 aliphatic heterocycles. The highest BCUT2D eigenvalue weighted by Crippen LogP contribution is 2.38. The van der Waals surface area contributed by atoms with E-state index >= 15 is 0 Å². The number of hydrogen-bond acceptors (Lipinski definition) is 4. The number of phenols is 1. The molecular weight excluding hydrogens is 486 g/mol. The van der Waals surface area contributed by atoms with Gasteiger partial charge in [0.1, 0.15) is 11.5 Å². The number of aromatic nitrogens is 1. The van der Waals surface area contributed by atoms with Gasteiger partial charge >= 0.3 is 0 Å². The van der Waals surface area contributed by atoms with Crippen LogP contribution in [0.5, 0.6) is 11.5 Å². The number of unbranched alkanes of at least 4 members (excludes halogenated alkanes) is 4. The number of amides is 1. The van der Waals surface area contributed by atoms with Gasteiger partial charge in [-0.15, -0.1) is 0 Å². The van der Waals surface area contributed by atoms with E-state index in [4.69, 9.17) is 4.74 Å². The Morgan fingerprint density at radius 3 is 2.77 bits per heavy atom. The van der Waals surface area contributed by atoms with Crippen molar-refractivity contribution < 1.29 is 14.6 Å². The van der Waals surface area contributed by atoms with Crippen molar-refractivity contribution in [1.82, 2.24) is 15.2 Å². The minimum absolute atomic E-state index is 0.143. The first-order valence-electron chi connectivity index (χ1n) is 15.0. The molecule has 2 aromatic carbocycles. The van der Waals surface area contributed by atoms with Gasteiger partial charge in [0, 0.05) is 42.0 Å². The number of hydrogen-bond donors (Lipinski definition) is 3. The second-order valence-corrected chi connectivity index (χ2v) is 11.3. The van der Waals surface area contributed by atoms with E-state index in [-0.39, 0.29) is 11.3 Å². The summed E-state index contributed by atoms with van der Waals surface area (Å²) in [5, 5.41) is 14.3. The van der Waals surface area contributed by atoms with Crippen molar-refractivity contribution >= 4 is 16.8 Å². The standard InChI is InChI=1S/C33H47N3O3/c1-3-33(27-12-11-13-28(37)22-27)18-8-10-21-36(25-33)20-9-6-4-5-7-14-32(38)34-19-17-26-24-35-31-16-15-29(39-2)23-30(26)31/h11-13,15-16,22-24,35,37H,3-10,14,17-21,25H2,1-2H3,(H,34,38)/t33-/m1/s1. The number of ether oxygens (including phenoxy) is 1. The molecule has 0 bridgehead atoms. The molecule has 6 heteroatoms. The van der Waals surface area contributed by atoms with E-state index in [1.165, 1.54) is 56.2 Å². The van der Waals surface area contributed by atoms with Gasteiger partial charge in [0.2, 0.25) is 5.91 Å². The summed E-state index contributed by atoms with van der Waals surface area (Å²) in [6.07, 6.45) is 13.9. The molecule has 0 aliphatic carbocycles. The highest BCUT2D eigenvalue weighted by Gasteiger charge is 2.34. The normalized spacial score (nSPS) is 18.2. The topological polar surface area (TPSA) is 77.6 Å². The van der Waals surface area contributed by atoms with Crippen LogP contribution in [0.4, 0.5) is 0 Å². The van der Waals surface area contributed by atoms with Crippen LogP contribution < -0.4 is 10.1 Å². The van der Waals surface area contributed by atoms with Gasteiger partial charge in [-0.2, -0.15) is 0 Å². The number of phenolic OH excluding ortho intramolecular Hbond substituents is 1. The van der Waals surface area contributed by atoms with E-state index in [1.807, 2.05) is 36.5 Å². The van der Waals surface area contributed by atoms with Crippen molar-refractivity contribution in [3.63, 3.8) is 0 Å². The lowest BCUT2D eigenvalue weighted by molar-refractivity contribution is -0.121. The van der Waals surface area contributed by atoms with E-state index in [2.05, 4.69) is 28.2 Å². The van der Waals surface area contributed by atoms with E-state index < -0.39 is 0 Å². The first-order valence-corrected chi connectivity index (χ1v) is 15.0. The predicted molar refractivity (Wildman–Crippen MR) is 160 cm³/mol. The van der Waals surface area contributed by atoms with Crippen molar-refractivity contribution in [1.29, 1.82) is 0 Å². The van der Waals surface area contributed by atoms with Crippen LogP contribution in [0.2, 0.25) is 0 Å². The lowest BCUT2D eigenvalue weighted by atomic mass is 9.74. The number of nitrogens with zero attached hydrogens (tertiary/aromatic N) is 1. The van der Waals surface area contributed by atoms with Crippen LogP contribution >= 0.6 is 0 Å². The average molecular weight is 534 g/mol. The maximum Gasteiger partial charge on any atom is 0.220 e. The molecule has 212 valence electrons. The van der Waals surface area contributed by atoms with Gasteiger partial charge in [-0.1, -0.05) is 44.7 Å². The van der Waals surface area contributed by atoms with Gasteiger partial charge in [-0.25, -0.2) is 0 Å². The Morgan fingerprint density at radius 2 is 1.95 bits per heavy atom. The van der Waals surface area contributed by atoms with Crippen LogP contribution in [0.3, 0.4) is 0 Å². The number of fused-ring (bicyclic) bond motifs is 1. The first-order chi connectivity index (χ1) is 19.0. The molecular formula is C33H47N3O3. The molecule has 3 N–H and O–H groups in total. The van der Waals surface area contributed by atoms with Gasteiger partial charge in [0.25, 0.3) is 0 Å². The highest BCUT2D eigenvalue weighted by molar-refractivity contribution is 5.84. The van der Waals surface area contributed by atoms with Crippen molar-refractivity contribution in [2.75, 3.05) is 33.3 Å². The summed E-state index contributed by atoms with van der Waals surface area (Å²) >= 11 is 0. The van der Waals surface area contributed by atoms with Crippen LogP contribution in [0.25, 0.3) is 10.9 Å². The number of aromatic amines is 1. The van der Waals surface area contributed by atoms with Crippen LogP contribution in [-0.4, -0.2) is 54.2 Å². The Morgan fingerprint density at radius 1 is 1.10 bits per heavy atom. The lowest BCUT2D eigenvalue weighted by Crippen LogP contribution is -2.39. The van der Waals surface area contributed by atoms with E-state index in [0.29, 0.717) is 18.7 Å². The van der Waals surface area contributed by atoms with Crippen molar-refractivity contribution in [3.8, 4) is 11.5 Å². The van der Waals surface area contributed by atoms with Gasteiger partial charge in [0.15, 0.2) is 0 Å². The third kappa shape index (κ3) is 8.01. The van der Waals surface area contributed by atoms with Crippen LogP contribution in [0.1, 0.15) is 82.3 Å². The second-order valence-electron chi connectivity index (χ2n) is 11.3. The molecule has 4 rings (SSSR count). The smallest absolute Gasteiger partial charge is 0.220 e. The average Bonchev–Trinajstić information content (AvgIpc) is 3.22. The van der Waals surface area contributed by atoms with Crippen molar-refractivity contribution in [2.45, 2.75) is 83.0 Å². The molecule has 0 spiro atoms. The summed E-state index contributed by atoms with van der Waals surface area (Å²) in [6, 6.07) is 14.0. The maximum absolute atomic E-state index is 12.3. The summed E-state index contributed by atoms with van der Waals surface area (Å²) in [5.41, 5.74) is 3.72. The number of H-pyrrole nitrogens is 1.